The highest BCUT2D eigenvalue weighted by Crippen LogP contribution is 2.29. The summed E-state index contributed by atoms with van der Waals surface area (Å²) in [6, 6.07) is 13.7. The van der Waals surface area contributed by atoms with Gasteiger partial charge in [-0.15, -0.1) is 0 Å². The number of piperidine rings is 1. The number of methoxy groups -OCH3 is 1. The minimum Gasteiger partial charge on any atom is -0.480 e. The molecular formula is C27H33N5O3. The SMILES string of the molecule is COc1ncccc1C(=O)N1CCC([C@H](Cc2ccccc2C)N(C)C(=O)Cn2cccn2)CC1. The zero-order chi connectivity index (χ0) is 24.8. The van der Waals surface area contributed by atoms with Crippen LogP contribution in [0, 0.1) is 12.8 Å². The summed E-state index contributed by atoms with van der Waals surface area (Å²) in [5.41, 5.74) is 2.95. The lowest BCUT2D eigenvalue weighted by Crippen LogP contribution is -2.49. The third kappa shape index (κ3) is 5.70. The average molecular weight is 476 g/mol. The van der Waals surface area contributed by atoms with Crippen molar-refractivity contribution in [1.29, 1.82) is 0 Å². The maximum atomic E-state index is 13.2. The van der Waals surface area contributed by atoms with Crippen molar-refractivity contribution in [2.75, 3.05) is 27.2 Å². The van der Waals surface area contributed by atoms with E-state index in [0.717, 1.165) is 19.3 Å². The van der Waals surface area contributed by atoms with E-state index in [1.807, 2.05) is 35.0 Å². The molecular weight excluding hydrogens is 442 g/mol. The maximum absolute atomic E-state index is 13.2. The molecule has 4 rings (SSSR count). The quantitative estimate of drug-likeness (QED) is 0.500. The van der Waals surface area contributed by atoms with Crippen molar-refractivity contribution in [2.24, 2.45) is 5.92 Å². The van der Waals surface area contributed by atoms with Gasteiger partial charge < -0.3 is 14.5 Å². The van der Waals surface area contributed by atoms with Crippen LogP contribution in [0.5, 0.6) is 5.88 Å². The summed E-state index contributed by atoms with van der Waals surface area (Å²) in [6.45, 7) is 3.59. The van der Waals surface area contributed by atoms with Crippen LogP contribution < -0.4 is 4.74 Å². The van der Waals surface area contributed by atoms with Gasteiger partial charge in [0.1, 0.15) is 12.1 Å². The Labute approximate surface area is 206 Å². The number of rotatable bonds is 8. The van der Waals surface area contributed by atoms with Crippen LogP contribution in [0.25, 0.3) is 0 Å². The zero-order valence-corrected chi connectivity index (χ0v) is 20.6. The highest BCUT2D eigenvalue weighted by Gasteiger charge is 2.34. The maximum Gasteiger partial charge on any atom is 0.259 e. The van der Waals surface area contributed by atoms with E-state index in [9.17, 15) is 9.59 Å². The Morgan fingerprint density at radius 3 is 2.57 bits per heavy atom. The highest BCUT2D eigenvalue weighted by molar-refractivity contribution is 5.96. The number of amides is 2. The number of carbonyl (C=O) groups is 2. The first kappa shape index (κ1) is 24.4. The van der Waals surface area contributed by atoms with Gasteiger partial charge in [-0.3, -0.25) is 14.3 Å². The fourth-order valence-corrected chi connectivity index (χ4v) is 4.89. The number of hydrogen-bond donors (Lipinski definition) is 0. The van der Waals surface area contributed by atoms with E-state index in [0.29, 0.717) is 24.5 Å². The molecule has 1 aliphatic heterocycles. The highest BCUT2D eigenvalue weighted by atomic mass is 16.5. The number of likely N-dealkylation sites (N-methyl/N-ethyl adjacent to an activating group) is 1. The minimum atomic E-state index is -0.0630. The molecule has 1 atom stereocenters. The van der Waals surface area contributed by atoms with Crippen molar-refractivity contribution in [3.63, 3.8) is 0 Å². The van der Waals surface area contributed by atoms with Gasteiger partial charge in [-0.2, -0.15) is 5.10 Å². The number of benzene rings is 1. The number of ether oxygens (including phenoxy) is 1. The van der Waals surface area contributed by atoms with Gasteiger partial charge in [0.15, 0.2) is 0 Å². The third-order valence-electron chi connectivity index (χ3n) is 7.00. The average Bonchev–Trinajstić information content (AvgIpc) is 3.40. The van der Waals surface area contributed by atoms with E-state index in [1.165, 1.54) is 18.2 Å². The molecule has 2 aromatic heterocycles. The molecule has 1 fully saturated rings. The van der Waals surface area contributed by atoms with E-state index in [4.69, 9.17) is 4.74 Å². The molecule has 3 aromatic rings. The summed E-state index contributed by atoms with van der Waals surface area (Å²) in [7, 11) is 3.42. The molecule has 2 amide bonds. The van der Waals surface area contributed by atoms with Gasteiger partial charge in [0.05, 0.1) is 7.11 Å². The molecule has 35 heavy (non-hydrogen) atoms. The van der Waals surface area contributed by atoms with Crippen LogP contribution in [0.3, 0.4) is 0 Å². The van der Waals surface area contributed by atoms with Gasteiger partial charge in [0.25, 0.3) is 5.91 Å². The fourth-order valence-electron chi connectivity index (χ4n) is 4.89. The molecule has 0 aliphatic carbocycles. The van der Waals surface area contributed by atoms with Crippen molar-refractivity contribution in [1.82, 2.24) is 24.6 Å². The molecule has 1 aromatic carbocycles. The molecule has 8 nitrogen and oxygen atoms in total. The number of pyridine rings is 1. The molecule has 184 valence electrons. The van der Waals surface area contributed by atoms with Crippen molar-refractivity contribution < 1.29 is 14.3 Å². The number of carbonyl (C=O) groups excluding carboxylic acids is 2. The molecule has 0 saturated carbocycles. The number of hydrogen-bond acceptors (Lipinski definition) is 5. The second kappa shape index (κ2) is 11.2. The largest absolute Gasteiger partial charge is 0.480 e. The Morgan fingerprint density at radius 1 is 1.11 bits per heavy atom. The van der Waals surface area contributed by atoms with Crippen molar-refractivity contribution >= 4 is 11.8 Å². The fraction of sp³-hybridized carbons (Fsp3) is 0.407. The number of aryl methyl sites for hydroxylation is 1. The van der Waals surface area contributed by atoms with Gasteiger partial charge in [-0.1, -0.05) is 24.3 Å². The Hall–Kier alpha value is -3.68. The Bertz CT molecular complexity index is 1140. The number of likely N-dealkylation sites (tertiary alicyclic amines) is 1. The second-order valence-electron chi connectivity index (χ2n) is 9.10. The second-order valence-corrected chi connectivity index (χ2v) is 9.10. The molecule has 8 heteroatoms. The Kier molecular flexibility index (Phi) is 7.80. The van der Waals surface area contributed by atoms with Crippen molar-refractivity contribution in [3.8, 4) is 5.88 Å². The van der Waals surface area contributed by atoms with Crippen molar-refractivity contribution in [3.05, 3.63) is 77.7 Å². The van der Waals surface area contributed by atoms with Gasteiger partial charge in [-0.25, -0.2) is 4.98 Å². The van der Waals surface area contributed by atoms with Gasteiger partial charge in [0, 0.05) is 44.8 Å². The molecule has 0 unspecified atom stereocenters. The van der Waals surface area contributed by atoms with Crippen LogP contribution >= 0.6 is 0 Å². The number of nitrogens with zero attached hydrogens (tertiary/aromatic N) is 5. The zero-order valence-electron chi connectivity index (χ0n) is 20.6. The van der Waals surface area contributed by atoms with Crippen LogP contribution in [0.2, 0.25) is 0 Å². The molecule has 0 spiro atoms. The summed E-state index contributed by atoms with van der Waals surface area (Å²) in [4.78, 5) is 34.2. The monoisotopic (exact) mass is 475 g/mol. The Balaban J connectivity index is 1.49. The van der Waals surface area contributed by atoms with Crippen LogP contribution in [0.4, 0.5) is 0 Å². The molecule has 1 aliphatic rings. The summed E-state index contributed by atoms with van der Waals surface area (Å²) in [5, 5.41) is 4.19. The Morgan fingerprint density at radius 2 is 1.89 bits per heavy atom. The lowest BCUT2D eigenvalue weighted by atomic mass is 9.84. The summed E-state index contributed by atoms with van der Waals surface area (Å²) < 4.78 is 6.94. The minimum absolute atomic E-state index is 0.0318. The lowest BCUT2D eigenvalue weighted by molar-refractivity contribution is -0.134. The molecule has 0 N–H and O–H groups in total. The molecule has 0 bridgehead atoms. The topological polar surface area (TPSA) is 80.6 Å². The van der Waals surface area contributed by atoms with Gasteiger partial charge >= 0.3 is 0 Å². The van der Waals surface area contributed by atoms with Crippen LogP contribution in [0.1, 0.15) is 34.3 Å². The smallest absolute Gasteiger partial charge is 0.259 e. The first-order chi connectivity index (χ1) is 17.0. The molecule has 1 saturated heterocycles. The van der Waals surface area contributed by atoms with E-state index in [2.05, 4.69) is 29.1 Å². The van der Waals surface area contributed by atoms with E-state index < -0.39 is 0 Å². The number of aromatic nitrogens is 3. The standard InChI is InChI=1S/C27H33N5O3/c1-20-8-4-5-9-22(20)18-24(30(2)25(33)19-32-15-7-14-29-32)21-11-16-31(17-12-21)27(34)23-10-6-13-28-26(23)35-3/h4-10,13-15,21,24H,11-12,16-19H2,1-3H3/t24-/m0/s1. The van der Waals surface area contributed by atoms with Gasteiger partial charge in [0.2, 0.25) is 11.8 Å². The van der Waals surface area contributed by atoms with E-state index in [-0.39, 0.29) is 30.3 Å². The normalized spacial score (nSPS) is 15.0. The predicted octanol–water partition coefficient (Wildman–Crippen LogP) is 3.22. The van der Waals surface area contributed by atoms with Crippen LogP contribution in [-0.4, -0.2) is 69.7 Å². The summed E-state index contributed by atoms with van der Waals surface area (Å²) in [5.74, 6) is 0.597. The van der Waals surface area contributed by atoms with E-state index >= 15 is 0 Å². The predicted molar refractivity (Wildman–Crippen MR) is 133 cm³/mol. The first-order valence-electron chi connectivity index (χ1n) is 12.0. The summed E-state index contributed by atoms with van der Waals surface area (Å²) >= 11 is 0. The molecule has 0 radical (unpaired) electrons. The lowest BCUT2D eigenvalue weighted by Gasteiger charge is -2.40. The third-order valence-corrected chi connectivity index (χ3v) is 7.00. The summed E-state index contributed by atoms with van der Waals surface area (Å²) in [6.07, 6.45) is 7.53. The first-order valence-corrected chi connectivity index (χ1v) is 12.0. The van der Waals surface area contributed by atoms with Crippen molar-refractivity contribution in [2.45, 2.75) is 38.8 Å². The van der Waals surface area contributed by atoms with Crippen LogP contribution in [-0.2, 0) is 17.8 Å². The van der Waals surface area contributed by atoms with Crippen LogP contribution in [0.15, 0.2) is 61.1 Å². The molecule has 3 heterocycles. The van der Waals surface area contributed by atoms with E-state index in [1.54, 1.807) is 35.4 Å². The van der Waals surface area contributed by atoms with Gasteiger partial charge in [-0.05, 0) is 61.4 Å².